The number of amides is 2. The summed E-state index contributed by atoms with van der Waals surface area (Å²) in [4.78, 5) is 26.5. The third kappa shape index (κ3) is 5.98. The van der Waals surface area contributed by atoms with Gasteiger partial charge in [0, 0.05) is 18.3 Å². The molecule has 1 N–H and O–H groups in total. The van der Waals surface area contributed by atoms with Crippen LogP contribution in [0.5, 0.6) is 11.5 Å². The molecular weight excluding hydrogens is 368 g/mol. The Hall–Kier alpha value is -3.02. The number of hydrogen-bond donors (Lipinski definition) is 1. The van der Waals surface area contributed by atoms with Gasteiger partial charge < -0.3 is 19.7 Å². The smallest absolute Gasteiger partial charge is 0.254 e. The number of nitrogens with zero attached hydrogens (tertiary/aromatic N) is 1. The predicted molar refractivity (Wildman–Crippen MR) is 115 cm³/mol. The molecule has 0 aliphatic heterocycles. The van der Waals surface area contributed by atoms with Crippen LogP contribution in [0, 0.1) is 13.8 Å². The Morgan fingerprint density at radius 2 is 1.86 bits per heavy atom. The monoisotopic (exact) mass is 398 g/mol. The zero-order valence-electron chi connectivity index (χ0n) is 17.9. The van der Waals surface area contributed by atoms with Gasteiger partial charge in [0.25, 0.3) is 5.91 Å². The summed E-state index contributed by atoms with van der Waals surface area (Å²) in [6, 6.07) is 10.8. The summed E-state index contributed by atoms with van der Waals surface area (Å²) >= 11 is 0. The molecule has 0 bridgehead atoms. The third-order valence-electron chi connectivity index (χ3n) is 4.77. The van der Waals surface area contributed by atoms with E-state index >= 15 is 0 Å². The van der Waals surface area contributed by atoms with E-state index in [2.05, 4.69) is 12.2 Å². The molecule has 0 atom stereocenters. The lowest BCUT2D eigenvalue weighted by Gasteiger charge is -2.19. The largest absolute Gasteiger partial charge is 0.493 e. The van der Waals surface area contributed by atoms with Crippen LogP contribution in [0.3, 0.4) is 0 Å². The van der Waals surface area contributed by atoms with Gasteiger partial charge in [-0.2, -0.15) is 0 Å². The van der Waals surface area contributed by atoms with Crippen LogP contribution in [-0.4, -0.2) is 44.0 Å². The molecule has 0 spiro atoms. The van der Waals surface area contributed by atoms with Gasteiger partial charge in [-0.15, -0.1) is 0 Å². The first-order valence-electron chi connectivity index (χ1n) is 9.79. The maximum absolute atomic E-state index is 12.7. The number of ether oxygens (including phenoxy) is 2. The molecule has 0 aromatic heterocycles. The standard InChI is InChI=1S/C23H30N2O4/c1-6-7-13-29-20-12-11-18(14-21(20)28-5)23(27)25(4)15-22(26)24-19-10-8-9-16(2)17(19)3/h8-12,14H,6-7,13,15H2,1-5H3,(H,24,26). The molecule has 0 saturated carbocycles. The van der Waals surface area contributed by atoms with Crippen LogP contribution in [0.2, 0.25) is 0 Å². The Balaban J connectivity index is 2.03. The molecule has 0 radical (unpaired) electrons. The lowest BCUT2D eigenvalue weighted by atomic mass is 10.1. The van der Waals surface area contributed by atoms with Crippen molar-refractivity contribution in [1.82, 2.24) is 4.90 Å². The molecule has 29 heavy (non-hydrogen) atoms. The summed E-state index contributed by atoms with van der Waals surface area (Å²) < 4.78 is 11.1. The Morgan fingerprint density at radius 1 is 1.10 bits per heavy atom. The highest BCUT2D eigenvalue weighted by molar-refractivity contribution is 5.99. The van der Waals surface area contributed by atoms with Gasteiger partial charge in [-0.25, -0.2) is 0 Å². The highest BCUT2D eigenvalue weighted by Crippen LogP contribution is 2.28. The Kier molecular flexibility index (Phi) is 8.07. The molecule has 0 heterocycles. The van der Waals surface area contributed by atoms with Crippen LogP contribution in [0.15, 0.2) is 36.4 Å². The fourth-order valence-electron chi connectivity index (χ4n) is 2.83. The zero-order valence-corrected chi connectivity index (χ0v) is 17.9. The number of unbranched alkanes of at least 4 members (excludes halogenated alkanes) is 1. The SMILES string of the molecule is CCCCOc1ccc(C(=O)N(C)CC(=O)Nc2cccc(C)c2C)cc1OC. The van der Waals surface area contributed by atoms with E-state index in [4.69, 9.17) is 9.47 Å². The second-order valence-corrected chi connectivity index (χ2v) is 7.02. The van der Waals surface area contributed by atoms with E-state index < -0.39 is 0 Å². The van der Waals surface area contributed by atoms with E-state index in [0.717, 1.165) is 29.7 Å². The summed E-state index contributed by atoms with van der Waals surface area (Å²) in [5.74, 6) is 0.591. The molecular formula is C23H30N2O4. The predicted octanol–water partition coefficient (Wildman–Crippen LogP) is 4.20. The van der Waals surface area contributed by atoms with E-state index in [-0.39, 0.29) is 18.4 Å². The Bertz CT molecular complexity index is 864. The lowest BCUT2D eigenvalue weighted by molar-refractivity contribution is -0.116. The van der Waals surface area contributed by atoms with E-state index in [1.54, 1.807) is 25.2 Å². The van der Waals surface area contributed by atoms with Gasteiger partial charge in [0.2, 0.25) is 5.91 Å². The van der Waals surface area contributed by atoms with Crippen molar-refractivity contribution in [2.24, 2.45) is 0 Å². The number of carbonyl (C=O) groups excluding carboxylic acids is 2. The van der Waals surface area contributed by atoms with Crippen LogP contribution < -0.4 is 14.8 Å². The second kappa shape index (κ2) is 10.5. The number of methoxy groups -OCH3 is 1. The van der Waals surface area contributed by atoms with Gasteiger partial charge in [0.15, 0.2) is 11.5 Å². The van der Waals surface area contributed by atoms with Crippen molar-refractivity contribution in [2.75, 3.05) is 32.6 Å². The molecule has 0 unspecified atom stereocenters. The Morgan fingerprint density at radius 3 is 2.55 bits per heavy atom. The van der Waals surface area contributed by atoms with Crippen molar-refractivity contribution in [3.05, 3.63) is 53.1 Å². The van der Waals surface area contributed by atoms with E-state index in [9.17, 15) is 9.59 Å². The second-order valence-electron chi connectivity index (χ2n) is 7.02. The molecule has 2 aromatic rings. The average molecular weight is 399 g/mol. The number of benzene rings is 2. The van der Waals surface area contributed by atoms with Gasteiger partial charge in [-0.3, -0.25) is 9.59 Å². The lowest BCUT2D eigenvalue weighted by Crippen LogP contribution is -2.35. The zero-order chi connectivity index (χ0) is 21.4. The summed E-state index contributed by atoms with van der Waals surface area (Å²) in [5.41, 5.74) is 3.30. The maximum Gasteiger partial charge on any atom is 0.254 e. The van der Waals surface area contributed by atoms with Crippen molar-refractivity contribution < 1.29 is 19.1 Å². The van der Waals surface area contributed by atoms with Crippen LogP contribution in [-0.2, 0) is 4.79 Å². The van der Waals surface area contributed by atoms with Gasteiger partial charge >= 0.3 is 0 Å². The minimum Gasteiger partial charge on any atom is -0.493 e. The fourth-order valence-corrected chi connectivity index (χ4v) is 2.83. The molecule has 2 rings (SSSR count). The van der Waals surface area contributed by atoms with Gasteiger partial charge in [-0.05, 0) is 55.7 Å². The summed E-state index contributed by atoms with van der Waals surface area (Å²) in [7, 11) is 3.14. The Labute approximate surface area is 172 Å². The number of nitrogens with one attached hydrogen (secondary N) is 1. The molecule has 0 aliphatic carbocycles. The van der Waals surface area contributed by atoms with E-state index in [1.165, 1.54) is 12.0 Å². The van der Waals surface area contributed by atoms with Crippen LogP contribution in [0.4, 0.5) is 5.69 Å². The van der Waals surface area contributed by atoms with Crippen molar-refractivity contribution in [2.45, 2.75) is 33.6 Å². The third-order valence-corrected chi connectivity index (χ3v) is 4.77. The van der Waals surface area contributed by atoms with E-state index in [0.29, 0.717) is 23.7 Å². The molecule has 0 aliphatic rings. The number of rotatable bonds is 9. The molecule has 2 aromatic carbocycles. The minimum absolute atomic E-state index is 0.0523. The van der Waals surface area contributed by atoms with Crippen LogP contribution in [0.1, 0.15) is 41.3 Å². The molecule has 6 heteroatoms. The number of hydrogen-bond acceptors (Lipinski definition) is 4. The minimum atomic E-state index is -0.264. The van der Waals surface area contributed by atoms with Crippen molar-refractivity contribution in [3.8, 4) is 11.5 Å². The van der Waals surface area contributed by atoms with Crippen molar-refractivity contribution in [1.29, 1.82) is 0 Å². The number of aryl methyl sites for hydroxylation is 1. The molecule has 156 valence electrons. The highest BCUT2D eigenvalue weighted by atomic mass is 16.5. The van der Waals surface area contributed by atoms with Crippen molar-refractivity contribution in [3.63, 3.8) is 0 Å². The quantitative estimate of drug-likeness (QED) is 0.643. The molecule has 2 amide bonds. The summed E-state index contributed by atoms with van der Waals surface area (Å²) in [5, 5.41) is 2.87. The number of anilines is 1. The highest BCUT2D eigenvalue weighted by Gasteiger charge is 2.18. The van der Waals surface area contributed by atoms with Gasteiger partial charge in [-0.1, -0.05) is 25.5 Å². The van der Waals surface area contributed by atoms with Gasteiger partial charge in [0.1, 0.15) is 0 Å². The van der Waals surface area contributed by atoms with Crippen LogP contribution >= 0.6 is 0 Å². The molecule has 6 nitrogen and oxygen atoms in total. The molecule has 0 saturated heterocycles. The van der Waals surface area contributed by atoms with Crippen LogP contribution in [0.25, 0.3) is 0 Å². The number of likely N-dealkylation sites (N-methyl/N-ethyl adjacent to an activating group) is 1. The average Bonchev–Trinajstić information content (AvgIpc) is 2.71. The first-order chi connectivity index (χ1) is 13.9. The molecule has 0 fully saturated rings. The van der Waals surface area contributed by atoms with Crippen molar-refractivity contribution >= 4 is 17.5 Å². The maximum atomic E-state index is 12.7. The number of carbonyl (C=O) groups is 2. The normalized spacial score (nSPS) is 10.4. The summed E-state index contributed by atoms with van der Waals surface area (Å²) in [6.45, 7) is 6.58. The van der Waals surface area contributed by atoms with Gasteiger partial charge in [0.05, 0.1) is 20.3 Å². The summed E-state index contributed by atoms with van der Waals surface area (Å²) in [6.07, 6.45) is 1.98. The topological polar surface area (TPSA) is 67.9 Å². The van der Waals surface area contributed by atoms with E-state index in [1.807, 2.05) is 32.0 Å². The fraction of sp³-hybridized carbons (Fsp3) is 0.391. The first-order valence-corrected chi connectivity index (χ1v) is 9.79. The first kappa shape index (κ1) is 22.3.